The zero-order valence-electron chi connectivity index (χ0n) is 20.0. The third-order valence-corrected chi connectivity index (χ3v) is 7.49. The Hall–Kier alpha value is -4.12. The van der Waals surface area contributed by atoms with Crippen molar-refractivity contribution in [2.75, 3.05) is 30.4 Å². The molecule has 3 aromatic rings. The van der Waals surface area contributed by atoms with E-state index < -0.39 is 22.5 Å². The Balaban J connectivity index is 1.65. The third-order valence-electron chi connectivity index (χ3n) is 5.67. The number of alkyl halides is 2. The van der Waals surface area contributed by atoms with E-state index in [0.29, 0.717) is 17.7 Å². The molecule has 1 aliphatic heterocycles. The molecule has 1 amide bonds. The first kappa shape index (κ1) is 26.0. The second-order valence-corrected chi connectivity index (χ2v) is 9.74. The summed E-state index contributed by atoms with van der Waals surface area (Å²) in [6, 6.07) is 15.9. The Kier molecular flexibility index (Phi) is 7.63. The summed E-state index contributed by atoms with van der Waals surface area (Å²) in [4.78, 5) is 12.4. The molecule has 0 atom stereocenters. The average Bonchev–Trinajstić information content (AvgIpc) is 3.33. The van der Waals surface area contributed by atoms with Gasteiger partial charge in [-0.25, -0.2) is 8.42 Å². The molecule has 11 heteroatoms. The Morgan fingerprint density at radius 3 is 2.49 bits per heavy atom. The van der Waals surface area contributed by atoms with Crippen molar-refractivity contribution >= 4 is 33.4 Å². The normalized spacial score (nSPS) is 13.1. The number of rotatable bonds is 9. The molecule has 0 saturated carbocycles. The van der Waals surface area contributed by atoms with E-state index in [1.165, 1.54) is 54.9 Å². The van der Waals surface area contributed by atoms with Crippen LogP contribution in [0.4, 0.5) is 20.2 Å². The van der Waals surface area contributed by atoms with Crippen molar-refractivity contribution in [2.45, 2.75) is 17.9 Å². The molecular formula is C26H24F2N2O6S. The molecule has 0 aliphatic carbocycles. The van der Waals surface area contributed by atoms with Crippen LogP contribution in [0.5, 0.6) is 17.2 Å². The van der Waals surface area contributed by atoms with E-state index in [9.17, 15) is 22.0 Å². The average molecular weight is 531 g/mol. The zero-order valence-corrected chi connectivity index (χ0v) is 20.8. The minimum atomic E-state index is -4.05. The maximum absolute atomic E-state index is 13.7. The van der Waals surface area contributed by atoms with Crippen LogP contribution >= 0.6 is 0 Å². The first-order chi connectivity index (χ1) is 17.7. The van der Waals surface area contributed by atoms with E-state index in [1.54, 1.807) is 18.2 Å². The maximum Gasteiger partial charge on any atom is 0.387 e. The van der Waals surface area contributed by atoms with Crippen LogP contribution in [0, 0.1) is 0 Å². The van der Waals surface area contributed by atoms with Crippen LogP contribution in [0.1, 0.15) is 11.1 Å². The Labute approximate surface area is 213 Å². The molecule has 3 aromatic carbocycles. The number of methoxy groups -OCH3 is 2. The molecule has 0 aromatic heterocycles. The molecular weight excluding hydrogens is 506 g/mol. The number of hydrogen-bond donors (Lipinski definition) is 1. The molecule has 194 valence electrons. The molecule has 8 nitrogen and oxygen atoms in total. The van der Waals surface area contributed by atoms with E-state index in [0.717, 1.165) is 11.6 Å². The van der Waals surface area contributed by atoms with Crippen LogP contribution in [0.2, 0.25) is 0 Å². The van der Waals surface area contributed by atoms with Crippen molar-refractivity contribution in [1.29, 1.82) is 0 Å². The highest BCUT2D eigenvalue weighted by molar-refractivity contribution is 7.93. The van der Waals surface area contributed by atoms with Crippen LogP contribution in [-0.2, 0) is 21.2 Å². The molecule has 0 spiro atoms. The highest BCUT2D eigenvalue weighted by Gasteiger charge is 2.34. The lowest BCUT2D eigenvalue weighted by Crippen LogP contribution is -2.29. The number of para-hydroxylation sites is 3. The summed E-state index contributed by atoms with van der Waals surface area (Å²) < 4.78 is 69.2. The van der Waals surface area contributed by atoms with Gasteiger partial charge in [0.25, 0.3) is 10.0 Å². The third kappa shape index (κ3) is 5.51. The molecule has 1 heterocycles. The molecule has 1 N–H and O–H groups in total. The Bertz CT molecular complexity index is 1440. The number of halogens is 2. The van der Waals surface area contributed by atoms with Crippen LogP contribution in [0.15, 0.2) is 71.6 Å². The summed E-state index contributed by atoms with van der Waals surface area (Å²) in [6.07, 6.45) is 3.10. The van der Waals surface area contributed by atoms with Gasteiger partial charge in [0.15, 0.2) is 11.5 Å². The van der Waals surface area contributed by atoms with Crippen LogP contribution in [-0.4, -0.2) is 41.7 Å². The Morgan fingerprint density at radius 2 is 1.76 bits per heavy atom. The lowest BCUT2D eigenvalue weighted by Gasteiger charge is -2.22. The van der Waals surface area contributed by atoms with Crippen LogP contribution in [0.3, 0.4) is 0 Å². The largest absolute Gasteiger partial charge is 0.493 e. The van der Waals surface area contributed by atoms with Gasteiger partial charge in [0.2, 0.25) is 5.91 Å². The van der Waals surface area contributed by atoms with Gasteiger partial charge < -0.3 is 19.5 Å². The lowest BCUT2D eigenvalue weighted by molar-refractivity contribution is -0.111. The fourth-order valence-electron chi connectivity index (χ4n) is 4.03. The SMILES string of the molecule is COc1cc(C=CC(=O)Nc2ccccc2OC(F)F)cc(S(=O)(=O)N2CCc3ccccc32)c1OC. The molecule has 0 unspecified atom stereocenters. The number of carbonyl (C=O) groups is 1. The van der Waals surface area contributed by atoms with E-state index in [-0.39, 0.29) is 34.4 Å². The maximum atomic E-state index is 13.7. The van der Waals surface area contributed by atoms with E-state index >= 15 is 0 Å². The van der Waals surface area contributed by atoms with Crippen molar-refractivity contribution in [3.05, 3.63) is 77.9 Å². The van der Waals surface area contributed by atoms with Crippen LogP contribution < -0.4 is 23.8 Å². The van der Waals surface area contributed by atoms with Crippen molar-refractivity contribution in [1.82, 2.24) is 0 Å². The van der Waals surface area contributed by atoms with Gasteiger partial charge in [0.1, 0.15) is 10.6 Å². The molecule has 1 aliphatic rings. The first-order valence-electron chi connectivity index (χ1n) is 11.1. The van der Waals surface area contributed by atoms with Gasteiger partial charge in [-0.3, -0.25) is 9.10 Å². The van der Waals surface area contributed by atoms with Crippen molar-refractivity contribution in [3.63, 3.8) is 0 Å². The monoisotopic (exact) mass is 530 g/mol. The van der Waals surface area contributed by atoms with Gasteiger partial charge in [-0.1, -0.05) is 30.3 Å². The minimum Gasteiger partial charge on any atom is -0.493 e. The first-order valence-corrected chi connectivity index (χ1v) is 12.6. The number of ether oxygens (including phenoxy) is 3. The molecule has 37 heavy (non-hydrogen) atoms. The van der Waals surface area contributed by atoms with E-state index in [1.807, 2.05) is 12.1 Å². The molecule has 0 radical (unpaired) electrons. The number of hydrogen-bond acceptors (Lipinski definition) is 6. The lowest BCUT2D eigenvalue weighted by atomic mass is 10.2. The predicted octanol–water partition coefficient (Wildman–Crippen LogP) is 4.71. The van der Waals surface area contributed by atoms with E-state index in [2.05, 4.69) is 10.1 Å². The topological polar surface area (TPSA) is 94.2 Å². The number of carbonyl (C=O) groups excluding carboxylic acids is 1. The summed E-state index contributed by atoms with van der Waals surface area (Å²) in [7, 11) is -1.33. The number of amides is 1. The minimum absolute atomic E-state index is 0.0338. The van der Waals surface area contributed by atoms with Gasteiger partial charge in [0, 0.05) is 12.6 Å². The number of nitrogens with one attached hydrogen (secondary N) is 1. The number of fused-ring (bicyclic) bond motifs is 1. The molecule has 4 rings (SSSR count). The van der Waals surface area contributed by atoms with Gasteiger partial charge >= 0.3 is 6.61 Å². The molecule has 0 saturated heterocycles. The van der Waals surface area contributed by atoms with Gasteiger partial charge in [-0.2, -0.15) is 8.78 Å². The number of nitrogens with zero attached hydrogens (tertiary/aromatic N) is 1. The molecule has 0 fully saturated rings. The summed E-state index contributed by atoms with van der Waals surface area (Å²) in [5.74, 6) is -0.638. The van der Waals surface area contributed by atoms with E-state index in [4.69, 9.17) is 9.47 Å². The number of sulfonamides is 1. The standard InChI is InChI=1S/C26H24F2N2O6S/c1-34-22-15-17(11-12-24(31)29-19-8-4-6-10-21(19)36-26(27)28)16-23(25(22)35-2)37(32,33)30-14-13-18-7-3-5-9-20(18)30/h3-12,15-16,26H,13-14H2,1-2H3,(H,29,31). The summed E-state index contributed by atoms with van der Waals surface area (Å²) in [5, 5.41) is 2.47. The molecule has 0 bridgehead atoms. The summed E-state index contributed by atoms with van der Waals surface area (Å²) >= 11 is 0. The quantitative estimate of drug-likeness (QED) is 0.403. The van der Waals surface area contributed by atoms with Crippen molar-refractivity contribution < 1.29 is 36.2 Å². The number of anilines is 2. The van der Waals surface area contributed by atoms with Gasteiger partial charge in [-0.05, 0) is 54.0 Å². The highest BCUT2D eigenvalue weighted by Crippen LogP contribution is 2.40. The fourth-order valence-corrected chi connectivity index (χ4v) is 5.74. The van der Waals surface area contributed by atoms with Crippen molar-refractivity contribution in [2.24, 2.45) is 0 Å². The Morgan fingerprint density at radius 1 is 1.03 bits per heavy atom. The van der Waals surface area contributed by atoms with Gasteiger partial charge in [-0.15, -0.1) is 0 Å². The zero-order chi connectivity index (χ0) is 26.6. The smallest absolute Gasteiger partial charge is 0.387 e. The van der Waals surface area contributed by atoms with Gasteiger partial charge in [0.05, 0.1) is 25.6 Å². The summed E-state index contributed by atoms with van der Waals surface area (Å²) in [5.41, 5.74) is 1.91. The highest BCUT2D eigenvalue weighted by atomic mass is 32.2. The summed E-state index contributed by atoms with van der Waals surface area (Å²) in [6.45, 7) is -2.78. The predicted molar refractivity (Wildman–Crippen MR) is 135 cm³/mol. The fraction of sp³-hybridized carbons (Fsp3) is 0.192. The second-order valence-electron chi connectivity index (χ2n) is 7.91. The van der Waals surface area contributed by atoms with Crippen LogP contribution in [0.25, 0.3) is 6.08 Å². The number of benzene rings is 3. The van der Waals surface area contributed by atoms with Crippen molar-refractivity contribution in [3.8, 4) is 17.2 Å². The second kappa shape index (κ2) is 10.9.